The minimum Gasteiger partial charge on any atom is -0.373 e. The molecule has 0 saturated heterocycles. The van der Waals surface area contributed by atoms with Crippen LogP contribution in [0.1, 0.15) is 33.2 Å². The SMILES string of the molecule is CN1C[C@H](c2ncn[nH]2)c2cc(C(=O)NCc3cccnc3)ccc21. The van der Waals surface area contributed by atoms with Gasteiger partial charge in [0.2, 0.25) is 0 Å². The van der Waals surface area contributed by atoms with Crippen LogP contribution in [0.3, 0.4) is 0 Å². The van der Waals surface area contributed by atoms with Crippen molar-refractivity contribution < 1.29 is 4.79 Å². The summed E-state index contributed by atoms with van der Waals surface area (Å²) in [6.07, 6.45) is 4.97. The number of pyridine rings is 1. The number of nitrogens with one attached hydrogen (secondary N) is 2. The number of benzene rings is 1. The zero-order chi connectivity index (χ0) is 17.2. The van der Waals surface area contributed by atoms with Gasteiger partial charge in [-0.25, -0.2) is 4.98 Å². The maximum absolute atomic E-state index is 12.5. The first-order chi connectivity index (χ1) is 12.2. The lowest BCUT2D eigenvalue weighted by Gasteiger charge is -2.12. The third-order valence-corrected chi connectivity index (χ3v) is 4.47. The molecule has 1 atom stereocenters. The number of aromatic amines is 1. The molecule has 2 N–H and O–H groups in total. The Balaban J connectivity index is 1.56. The van der Waals surface area contributed by atoms with Gasteiger partial charge in [0.15, 0.2) is 0 Å². The van der Waals surface area contributed by atoms with Crippen molar-refractivity contribution in [2.24, 2.45) is 0 Å². The molecule has 4 rings (SSSR count). The van der Waals surface area contributed by atoms with Gasteiger partial charge in [-0.3, -0.25) is 14.9 Å². The molecule has 3 heterocycles. The Morgan fingerprint density at radius 1 is 1.40 bits per heavy atom. The van der Waals surface area contributed by atoms with Gasteiger partial charge in [-0.15, -0.1) is 0 Å². The maximum atomic E-state index is 12.5. The zero-order valence-corrected chi connectivity index (χ0v) is 13.8. The van der Waals surface area contributed by atoms with E-state index < -0.39 is 0 Å². The van der Waals surface area contributed by atoms with Crippen LogP contribution < -0.4 is 10.2 Å². The summed E-state index contributed by atoms with van der Waals surface area (Å²) in [6, 6.07) is 9.59. The second-order valence-corrected chi connectivity index (χ2v) is 6.12. The topological polar surface area (TPSA) is 86.8 Å². The predicted molar refractivity (Wildman–Crippen MR) is 93.3 cm³/mol. The molecular formula is C18H18N6O. The summed E-state index contributed by atoms with van der Waals surface area (Å²) >= 11 is 0. The molecule has 0 bridgehead atoms. The molecule has 3 aromatic rings. The Morgan fingerprint density at radius 3 is 3.08 bits per heavy atom. The van der Waals surface area contributed by atoms with E-state index in [4.69, 9.17) is 0 Å². The van der Waals surface area contributed by atoms with Crippen molar-refractivity contribution in [1.29, 1.82) is 0 Å². The van der Waals surface area contributed by atoms with E-state index >= 15 is 0 Å². The molecule has 1 aromatic carbocycles. The minimum atomic E-state index is -0.0995. The Bertz CT molecular complexity index is 878. The van der Waals surface area contributed by atoms with E-state index in [-0.39, 0.29) is 11.8 Å². The second-order valence-electron chi connectivity index (χ2n) is 6.12. The molecule has 2 aromatic heterocycles. The highest BCUT2D eigenvalue weighted by Gasteiger charge is 2.30. The van der Waals surface area contributed by atoms with Crippen molar-refractivity contribution in [3.63, 3.8) is 0 Å². The maximum Gasteiger partial charge on any atom is 0.251 e. The highest BCUT2D eigenvalue weighted by molar-refractivity contribution is 5.95. The second kappa shape index (κ2) is 6.35. The van der Waals surface area contributed by atoms with Gasteiger partial charge in [0, 0.05) is 43.8 Å². The van der Waals surface area contributed by atoms with E-state index in [0.717, 1.165) is 29.2 Å². The van der Waals surface area contributed by atoms with Crippen molar-refractivity contribution >= 4 is 11.6 Å². The van der Waals surface area contributed by atoms with Crippen LogP contribution in [0.4, 0.5) is 5.69 Å². The van der Waals surface area contributed by atoms with E-state index in [1.807, 2.05) is 37.4 Å². The van der Waals surface area contributed by atoms with Crippen LogP contribution in [0, 0.1) is 0 Å². The Kier molecular flexibility index (Phi) is 3.89. The fraction of sp³-hybridized carbons (Fsp3) is 0.222. The normalized spacial score (nSPS) is 15.9. The number of amides is 1. The molecule has 25 heavy (non-hydrogen) atoms. The van der Waals surface area contributed by atoms with Gasteiger partial charge in [-0.05, 0) is 35.4 Å². The molecule has 0 radical (unpaired) electrons. The van der Waals surface area contributed by atoms with Crippen LogP contribution in [0.5, 0.6) is 0 Å². The molecule has 126 valence electrons. The van der Waals surface area contributed by atoms with Crippen LogP contribution in [-0.2, 0) is 6.54 Å². The molecule has 0 unspecified atom stereocenters. The first kappa shape index (κ1) is 15.3. The average Bonchev–Trinajstić information content (AvgIpc) is 3.28. The van der Waals surface area contributed by atoms with E-state index in [9.17, 15) is 4.79 Å². The fourth-order valence-electron chi connectivity index (χ4n) is 3.20. The number of hydrogen-bond donors (Lipinski definition) is 2. The van der Waals surface area contributed by atoms with Crippen molar-refractivity contribution in [2.45, 2.75) is 12.5 Å². The third-order valence-electron chi connectivity index (χ3n) is 4.47. The fourth-order valence-corrected chi connectivity index (χ4v) is 3.20. The van der Waals surface area contributed by atoms with Crippen LogP contribution >= 0.6 is 0 Å². The average molecular weight is 334 g/mol. The minimum absolute atomic E-state index is 0.0913. The summed E-state index contributed by atoms with van der Waals surface area (Å²) in [5.74, 6) is 0.810. The van der Waals surface area contributed by atoms with E-state index in [1.165, 1.54) is 6.33 Å². The molecule has 1 aliphatic rings. The van der Waals surface area contributed by atoms with E-state index in [2.05, 4.69) is 30.4 Å². The largest absolute Gasteiger partial charge is 0.373 e. The number of nitrogens with zero attached hydrogens (tertiary/aromatic N) is 4. The molecule has 0 spiro atoms. The number of rotatable bonds is 4. The Hall–Kier alpha value is -3.22. The van der Waals surface area contributed by atoms with Gasteiger partial charge in [-0.2, -0.15) is 5.10 Å². The van der Waals surface area contributed by atoms with Crippen LogP contribution in [0.2, 0.25) is 0 Å². The quantitative estimate of drug-likeness (QED) is 0.758. The summed E-state index contributed by atoms with van der Waals surface area (Å²) in [5, 5.41) is 9.82. The number of carbonyl (C=O) groups is 1. The molecule has 0 saturated carbocycles. The van der Waals surface area contributed by atoms with Gasteiger partial charge in [-0.1, -0.05) is 6.07 Å². The number of H-pyrrole nitrogens is 1. The summed E-state index contributed by atoms with van der Waals surface area (Å²) in [6.45, 7) is 1.26. The zero-order valence-electron chi connectivity index (χ0n) is 13.8. The number of fused-ring (bicyclic) bond motifs is 1. The van der Waals surface area contributed by atoms with Gasteiger partial charge >= 0.3 is 0 Å². The summed E-state index contributed by atoms with van der Waals surface area (Å²) in [7, 11) is 2.04. The van der Waals surface area contributed by atoms with E-state index in [0.29, 0.717) is 12.1 Å². The number of likely N-dealkylation sites (N-methyl/N-ethyl adjacent to an activating group) is 1. The van der Waals surface area contributed by atoms with Crippen molar-refractivity contribution in [1.82, 2.24) is 25.5 Å². The summed E-state index contributed by atoms with van der Waals surface area (Å²) in [4.78, 5) is 23.0. The molecule has 7 heteroatoms. The first-order valence-electron chi connectivity index (χ1n) is 8.10. The molecule has 0 aliphatic carbocycles. The third kappa shape index (κ3) is 2.96. The Labute approximate surface area is 145 Å². The van der Waals surface area contributed by atoms with Crippen molar-refractivity contribution in [3.8, 4) is 0 Å². The summed E-state index contributed by atoms with van der Waals surface area (Å²) in [5.41, 5.74) is 3.82. The molecule has 0 fully saturated rings. The Morgan fingerprint density at radius 2 is 2.32 bits per heavy atom. The van der Waals surface area contributed by atoms with Gasteiger partial charge in [0.25, 0.3) is 5.91 Å². The smallest absolute Gasteiger partial charge is 0.251 e. The molecule has 1 amide bonds. The van der Waals surface area contributed by atoms with Gasteiger partial charge in [0.1, 0.15) is 12.2 Å². The number of carbonyl (C=O) groups excluding carboxylic acids is 1. The highest BCUT2D eigenvalue weighted by Crippen LogP contribution is 2.38. The molecule has 7 nitrogen and oxygen atoms in total. The van der Waals surface area contributed by atoms with Crippen LogP contribution in [0.25, 0.3) is 0 Å². The lowest BCUT2D eigenvalue weighted by atomic mass is 9.98. The van der Waals surface area contributed by atoms with E-state index in [1.54, 1.807) is 12.4 Å². The van der Waals surface area contributed by atoms with Crippen molar-refractivity contribution in [2.75, 3.05) is 18.5 Å². The van der Waals surface area contributed by atoms with Gasteiger partial charge < -0.3 is 10.2 Å². The van der Waals surface area contributed by atoms with Gasteiger partial charge in [0.05, 0.1) is 5.92 Å². The summed E-state index contributed by atoms with van der Waals surface area (Å²) < 4.78 is 0. The first-order valence-corrected chi connectivity index (χ1v) is 8.10. The number of anilines is 1. The monoisotopic (exact) mass is 334 g/mol. The lowest BCUT2D eigenvalue weighted by Crippen LogP contribution is -2.23. The number of aromatic nitrogens is 4. The molecule has 1 aliphatic heterocycles. The number of hydrogen-bond acceptors (Lipinski definition) is 5. The van der Waals surface area contributed by atoms with Crippen molar-refractivity contribution in [3.05, 3.63) is 71.6 Å². The van der Waals surface area contributed by atoms with Crippen LogP contribution in [-0.4, -0.2) is 39.7 Å². The predicted octanol–water partition coefficient (Wildman–Crippen LogP) is 1.71. The highest BCUT2D eigenvalue weighted by atomic mass is 16.1. The van der Waals surface area contributed by atoms with Crippen LogP contribution in [0.15, 0.2) is 49.1 Å². The standard InChI is InChI=1S/C18H18N6O/c1-24-10-15(17-21-11-22-23-17)14-7-13(4-5-16(14)24)18(25)20-9-12-3-2-6-19-8-12/h2-8,11,15H,9-10H2,1H3,(H,20,25)(H,21,22,23)/t15-/m0/s1. The lowest BCUT2D eigenvalue weighted by molar-refractivity contribution is 0.0951. The molecular weight excluding hydrogens is 316 g/mol.